The topological polar surface area (TPSA) is 74.1 Å². The zero-order valence-electron chi connectivity index (χ0n) is 13.9. The van der Waals surface area contributed by atoms with Gasteiger partial charge in [0.1, 0.15) is 4.90 Å². The molecule has 2 heterocycles. The van der Waals surface area contributed by atoms with Crippen molar-refractivity contribution in [1.29, 1.82) is 0 Å². The summed E-state index contributed by atoms with van der Waals surface area (Å²) in [4.78, 5) is 4.86. The molecule has 0 N–H and O–H groups in total. The molecule has 6 nitrogen and oxygen atoms in total. The molecule has 25 heavy (non-hydrogen) atoms. The molecule has 0 fully saturated rings. The number of fused-ring (bicyclic) bond motifs is 3. The quantitative estimate of drug-likeness (QED) is 0.721. The van der Waals surface area contributed by atoms with Crippen molar-refractivity contribution >= 4 is 9.84 Å². The van der Waals surface area contributed by atoms with Gasteiger partial charge >= 0.3 is 0 Å². The standard InChI is InChI=1S/C18H17N3O3S/c1-21-15-9-8-12-10-16(25(22,23)13-6-4-3-5-7-13)18(24-2)20-17(12)14(15)11-19-21/h3-7,10-11H,8-9H2,1-2H3. The van der Waals surface area contributed by atoms with Gasteiger partial charge in [0.05, 0.1) is 23.9 Å². The largest absolute Gasteiger partial charge is 0.480 e. The van der Waals surface area contributed by atoms with Crippen molar-refractivity contribution in [3.05, 3.63) is 53.9 Å². The van der Waals surface area contributed by atoms with Crippen LogP contribution in [0.25, 0.3) is 11.3 Å². The Hall–Kier alpha value is -2.67. The summed E-state index contributed by atoms with van der Waals surface area (Å²) in [5.74, 6) is 0.110. The summed E-state index contributed by atoms with van der Waals surface area (Å²) in [6, 6.07) is 10.0. The van der Waals surface area contributed by atoms with Gasteiger partial charge in [0.15, 0.2) is 0 Å². The third-order valence-corrected chi connectivity index (χ3v) is 6.28. The van der Waals surface area contributed by atoms with E-state index in [0.29, 0.717) is 0 Å². The molecule has 0 bridgehead atoms. The summed E-state index contributed by atoms with van der Waals surface area (Å²) >= 11 is 0. The highest BCUT2D eigenvalue weighted by molar-refractivity contribution is 7.91. The molecule has 7 heteroatoms. The van der Waals surface area contributed by atoms with Crippen LogP contribution < -0.4 is 4.74 Å². The molecule has 0 atom stereocenters. The van der Waals surface area contributed by atoms with Crippen LogP contribution in [-0.2, 0) is 29.7 Å². The molecule has 1 aliphatic carbocycles. The van der Waals surface area contributed by atoms with E-state index in [2.05, 4.69) is 10.1 Å². The Balaban J connectivity index is 1.92. The Bertz CT molecular complexity index is 1060. The second kappa shape index (κ2) is 5.70. The van der Waals surface area contributed by atoms with Gasteiger partial charge in [0.25, 0.3) is 0 Å². The Labute approximate surface area is 146 Å². The van der Waals surface area contributed by atoms with E-state index >= 15 is 0 Å². The van der Waals surface area contributed by atoms with E-state index in [4.69, 9.17) is 4.74 Å². The van der Waals surface area contributed by atoms with Gasteiger partial charge in [-0.25, -0.2) is 13.4 Å². The molecule has 0 radical (unpaired) electrons. The molecule has 1 aliphatic rings. The van der Waals surface area contributed by atoms with E-state index in [1.165, 1.54) is 7.11 Å². The van der Waals surface area contributed by atoms with Crippen molar-refractivity contribution in [3.8, 4) is 17.1 Å². The lowest BCUT2D eigenvalue weighted by molar-refractivity contribution is 0.385. The molecule has 2 aromatic heterocycles. The third-order valence-electron chi connectivity index (χ3n) is 4.52. The Morgan fingerprint density at radius 3 is 2.64 bits per heavy atom. The zero-order chi connectivity index (χ0) is 17.6. The molecular formula is C18H17N3O3S. The van der Waals surface area contributed by atoms with Crippen molar-refractivity contribution in [2.75, 3.05) is 7.11 Å². The second-order valence-corrected chi connectivity index (χ2v) is 7.87. The number of sulfone groups is 1. The first kappa shape index (κ1) is 15.8. The average Bonchev–Trinajstić information content (AvgIpc) is 3.02. The van der Waals surface area contributed by atoms with Crippen molar-refractivity contribution in [1.82, 2.24) is 14.8 Å². The van der Waals surface area contributed by atoms with E-state index in [-0.39, 0.29) is 15.7 Å². The van der Waals surface area contributed by atoms with Crippen LogP contribution in [0, 0.1) is 0 Å². The van der Waals surface area contributed by atoms with Gasteiger partial charge in [-0.15, -0.1) is 0 Å². The molecule has 0 saturated heterocycles. The van der Waals surface area contributed by atoms with Gasteiger partial charge < -0.3 is 4.74 Å². The molecule has 0 unspecified atom stereocenters. The molecule has 0 amide bonds. The Morgan fingerprint density at radius 2 is 1.92 bits per heavy atom. The number of aryl methyl sites for hydroxylation is 2. The highest BCUT2D eigenvalue weighted by Crippen LogP contribution is 2.37. The summed E-state index contributed by atoms with van der Waals surface area (Å²) in [6.07, 6.45) is 3.29. The van der Waals surface area contributed by atoms with Crippen molar-refractivity contribution in [3.63, 3.8) is 0 Å². The highest BCUT2D eigenvalue weighted by Gasteiger charge is 2.28. The third kappa shape index (κ3) is 2.42. The molecule has 0 spiro atoms. The molecule has 128 valence electrons. The van der Waals surface area contributed by atoms with E-state index < -0.39 is 9.84 Å². The minimum atomic E-state index is -3.70. The maximum Gasteiger partial charge on any atom is 0.233 e. The SMILES string of the molecule is COc1nc2c(cc1S(=O)(=O)c1ccccc1)CCc1c-2cnn1C. The lowest BCUT2D eigenvalue weighted by Gasteiger charge is -2.19. The van der Waals surface area contributed by atoms with Crippen LogP contribution in [0.1, 0.15) is 11.3 Å². The lowest BCUT2D eigenvalue weighted by Crippen LogP contribution is -2.12. The highest BCUT2D eigenvalue weighted by atomic mass is 32.2. The Morgan fingerprint density at radius 1 is 1.16 bits per heavy atom. The maximum atomic E-state index is 13.0. The number of pyridine rings is 1. The van der Waals surface area contributed by atoms with Crippen molar-refractivity contribution < 1.29 is 13.2 Å². The van der Waals surface area contributed by atoms with Gasteiger partial charge in [-0.2, -0.15) is 5.10 Å². The second-order valence-electron chi connectivity index (χ2n) is 5.95. The molecule has 3 aromatic rings. The van der Waals surface area contributed by atoms with Gasteiger partial charge in [0.2, 0.25) is 15.7 Å². The van der Waals surface area contributed by atoms with E-state index in [1.54, 1.807) is 42.6 Å². The normalized spacial score (nSPS) is 13.2. The van der Waals surface area contributed by atoms with Gasteiger partial charge in [0, 0.05) is 18.3 Å². The summed E-state index contributed by atoms with van der Waals surface area (Å²) in [6.45, 7) is 0. The number of ether oxygens (including phenoxy) is 1. The summed E-state index contributed by atoms with van der Waals surface area (Å²) in [7, 11) is -0.361. The maximum absolute atomic E-state index is 13.0. The Kier molecular flexibility index (Phi) is 3.61. The molecule has 4 rings (SSSR count). The van der Waals surface area contributed by atoms with E-state index in [9.17, 15) is 8.42 Å². The van der Waals surface area contributed by atoms with Crippen LogP contribution in [0.4, 0.5) is 0 Å². The zero-order valence-corrected chi connectivity index (χ0v) is 14.7. The van der Waals surface area contributed by atoms with Crippen LogP contribution >= 0.6 is 0 Å². The van der Waals surface area contributed by atoms with Crippen LogP contribution in [0.15, 0.2) is 52.4 Å². The number of aromatic nitrogens is 3. The summed E-state index contributed by atoms with van der Waals surface area (Å²) < 4.78 is 33.2. The van der Waals surface area contributed by atoms with Crippen LogP contribution in [-0.4, -0.2) is 30.3 Å². The molecule has 0 aliphatic heterocycles. The first-order chi connectivity index (χ1) is 12.0. The predicted molar refractivity (Wildman–Crippen MR) is 92.3 cm³/mol. The predicted octanol–water partition coefficient (Wildman–Crippen LogP) is 2.42. The number of benzene rings is 1. The van der Waals surface area contributed by atoms with Crippen LogP contribution in [0.3, 0.4) is 0 Å². The van der Waals surface area contributed by atoms with Crippen molar-refractivity contribution in [2.24, 2.45) is 7.05 Å². The summed E-state index contributed by atoms with van der Waals surface area (Å²) in [5.41, 5.74) is 3.68. The fourth-order valence-electron chi connectivity index (χ4n) is 3.22. The summed E-state index contributed by atoms with van der Waals surface area (Å²) in [5, 5.41) is 4.29. The molecule has 1 aromatic carbocycles. The van der Waals surface area contributed by atoms with Crippen molar-refractivity contribution in [2.45, 2.75) is 22.6 Å². The minimum absolute atomic E-state index is 0.104. The average molecular weight is 355 g/mol. The first-order valence-electron chi connectivity index (χ1n) is 7.91. The van der Waals surface area contributed by atoms with Crippen LogP contribution in [0.2, 0.25) is 0 Å². The number of hydrogen-bond donors (Lipinski definition) is 0. The fourth-order valence-corrected chi connectivity index (χ4v) is 4.64. The first-order valence-corrected chi connectivity index (χ1v) is 9.40. The van der Waals surface area contributed by atoms with Crippen LogP contribution in [0.5, 0.6) is 5.88 Å². The molecular weight excluding hydrogens is 338 g/mol. The number of nitrogens with zero attached hydrogens (tertiary/aromatic N) is 3. The van der Waals surface area contributed by atoms with E-state index in [0.717, 1.165) is 35.4 Å². The smallest absolute Gasteiger partial charge is 0.233 e. The number of hydrogen-bond acceptors (Lipinski definition) is 5. The fraction of sp³-hybridized carbons (Fsp3) is 0.222. The van der Waals surface area contributed by atoms with Gasteiger partial charge in [-0.05, 0) is 36.6 Å². The van der Waals surface area contributed by atoms with Gasteiger partial charge in [-0.1, -0.05) is 18.2 Å². The monoisotopic (exact) mass is 355 g/mol. The van der Waals surface area contributed by atoms with E-state index in [1.807, 2.05) is 11.7 Å². The minimum Gasteiger partial charge on any atom is -0.480 e. The number of methoxy groups -OCH3 is 1. The molecule has 0 saturated carbocycles. The number of rotatable bonds is 3. The van der Waals surface area contributed by atoms with Gasteiger partial charge in [-0.3, -0.25) is 4.68 Å². The lowest BCUT2D eigenvalue weighted by atomic mass is 9.94.